The van der Waals surface area contributed by atoms with Crippen LogP contribution in [0.25, 0.3) is 0 Å². The molecule has 0 radical (unpaired) electrons. The van der Waals surface area contributed by atoms with Gasteiger partial charge in [-0.1, -0.05) is 48.0 Å². The lowest BCUT2D eigenvalue weighted by molar-refractivity contribution is -0.596. The van der Waals surface area contributed by atoms with Crippen molar-refractivity contribution in [3.63, 3.8) is 0 Å². The molecule has 150 valence electrons. The molecule has 5 nitrogen and oxygen atoms in total. The highest BCUT2D eigenvalue weighted by Gasteiger charge is 2.47. The number of amides is 2. The van der Waals surface area contributed by atoms with E-state index in [2.05, 4.69) is 10.7 Å². The van der Waals surface area contributed by atoms with Gasteiger partial charge < -0.3 is 5.32 Å². The average molecular weight is 402 g/mol. The minimum Gasteiger partial charge on any atom is -0.334 e. The summed E-state index contributed by atoms with van der Waals surface area (Å²) in [5, 5.41) is 2.80. The quantitative estimate of drug-likeness (QED) is 0.659. The van der Waals surface area contributed by atoms with Gasteiger partial charge in [0.15, 0.2) is 6.04 Å². The number of halogens is 1. The van der Waals surface area contributed by atoms with Gasteiger partial charge in [0.2, 0.25) is 12.3 Å². The number of hydrazine groups is 1. The second-order valence-electron chi connectivity index (χ2n) is 7.24. The van der Waals surface area contributed by atoms with E-state index in [0.717, 1.165) is 16.7 Å². The van der Waals surface area contributed by atoms with E-state index in [1.165, 1.54) is 24.3 Å². The first-order valence-corrected chi connectivity index (χ1v) is 9.63. The molecule has 0 spiro atoms. The van der Waals surface area contributed by atoms with Crippen LogP contribution in [-0.4, -0.2) is 28.8 Å². The minimum atomic E-state index is -0.813. The van der Waals surface area contributed by atoms with Gasteiger partial charge in [0.1, 0.15) is 5.82 Å². The van der Waals surface area contributed by atoms with Crippen LogP contribution in [0.4, 0.5) is 4.39 Å². The van der Waals surface area contributed by atoms with Crippen LogP contribution in [0.15, 0.2) is 78.9 Å². The van der Waals surface area contributed by atoms with E-state index in [4.69, 9.17) is 0 Å². The summed E-state index contributed by atoms with van der Waals surface area (Å²) >= 11 is 0. The topological polar surface area (TPSA) is 61.2 Å². The van der Waals surface area contributed by atoms with E-state index in [-0.39, 0.29) is 11.5 Å². The second kappa shape index (κ2) is 8.29. The zero-order valence-electron chi connectivity index (χ0n) is 16.4. The Morgan fingerprint density at radius 2 is 1.67 bits per heavy atom. The van der Waals surface area contributed by atoms with Crippen molar-refractivity contribution in [3.05, 3.63) is 107 Å². The summed E-state index contributed by atoms with van der Waals surface area (Å²) < 4.78 is 14.9. The molecule has 2 amide bonds. The Labute approximate surface area is 173 Å². The molecule has 6 heteroatoms. The molecule has 2 N–H and O–H groups in total. The molecule has 1 aliphatic rings. The SMILES string of the molecule is Cc1ccc(/C=[N+]2\NC(=O)[C@H](NC(=O)c3ccc(F)cc3)[C@@H]2c2ccccc2)cc1. The summed E-state index contributed by atoms with van der Waals surface area (Å²) in [6.45, 7) is 2.01. The van der Waals surface area contributed by atoms with E-state index in [0.29, 0.717) is 0 Å². The van der Waals surface area contributed by atoms with E-state index in [9.17, 15) is 14.0 Å². The van der Waals surface area contributed by atoms with Crippen molar-refractivity contribution in [2.75, 3.05) is 0 Å². The molecule has 3 aromatic carbocycles. The van der Waals surface area contributed by atoms with Gasteiger partial charge in [0.05, 0.1) is 0 Å². The molecule has 0 saturated carbocycles. The monoisotopic (exact) mass is 402 g/mol. The van der Waals surface area contributed by atoms with Crippen LogP contribution >= 0.6 is 0 Å². The summed E-state index contributed by atoms with van der Waals surface area (Å²) in [5.74, 6) is -1.18. The van der Waals surface area contributed by atoms with Gasteiger partial charge in [-0.15, -0.1) is 10.1 Å². The summed E-state index contributed by atoms with van der Waals surface area (Å²) in [6, 6.07) is 21.4. The van der Waals surface area contributed by atoms with Gasteiger partial charge in [-0.2, -0.15) is 0 Å². The standard InChI is InChI=1S/C24H20FN3O2/c1-16-7-9-17(10-8-16)15-28-22(18-5-3-2-4-6-18)21(24(30)27-28)26-23(29)19-11-13-20(25)14-12-19/h2-15,21-22H,1H3,(H-,26,27,29,30)/p+1/b28-15-/t21-,22+/m1/s1. The molecule has 1 fully saturated rings. The number of rotatable bonds is 4. The molecule has 4 rings (SSSR count). The fourth-order valence-corrected chi connectivity index (χ4v) is 3.47. The number of nitrogens with zero attached hydrogens (tertiary/aromatic N) is 1. The number of hydrogen-bond acceptors (Lipinski definition) is 2. The van der Waals surface area contributed by atoms with Crippen LogP contribution in [0.3, 0.4) is 0 Å². The largest absolute Gasteiger partial charge is 0.334 e. The van der Waals surface area contributed by atoms with Crippen molar-refractivity contribution in [3.8, 4) is 0 Å². The number of benzene rings is 3. The van der Waals surface area contributed by atoms with Crippen molar-refractivity contribution in [1.82, 2.24) is 10.7 Å². The van der Waals surface area contributed by atoms with Gasteiger partial charge in [-0.25, -0.2) is 4.39 Å². The van der Waals surface area contributed by atoms with Crippen LogP contribution < -0.4 is 10.7 Å². The van der Waals surface area contributed by atoms with Gasteiger partial charge in [0, 0.05) is 16.7 Å². The number of nitrogens with one attached hydrogen (secondary N) is 2. The Bertz CT molecular complexity index is 1090. The van der Waals surface area contributed by atoms with E-state index >= 15 is 0 Å². The predicted molar refractivity (Wildman–Crippen MR) is 112 cm³/mol. The van der Waals surface area contributed by atoms with E-state index in [1.54, 1.807) is 4.68 Å². The number of hydrazone groups is 1. The van der Waals surface area contributed by atoms with Crippen molar-refractivity contribution in [2.24, 2.45) is 0 Å². The summed E-state index contributed by atoms with van der Waals surface area (Å²) in [7, 11) is 0. The van der Waals surface area contributed by atoms with Crippen LogP contribution in [0.1, 0.15) is 33.1 Å². The maximum absolute atomic E-state index is 13.2. The molecule has 3 aromatic rings. The Morgan fingerprint density at radius 1 is 1.00 bits per heavy atom. The molecule has 0 unspecified atom stereocenters. The molecule has 30 heavy (non-hydrogen) atoms. The van der Waals surface area contributed by atoms with Gasteiger partial charge in [0.25, 0.3) is 5.91 Å². The van der Waals surface area contributed by atoms with Gasteiger partial charge in [-0.05, 0) is 43.3 Å². The Balaban J connectivity index is 1.68. The van der Waals surface area contributed by atoms with Crippen molar-refractivity contribution < 1.29 is 18.7 Å². The lowest BCUT2D eigenvalue weighted by Gasteiger charge is -2.14. The molecule has 0 aliphatic carbocycles. The summed E-state index contributed by atoms with van der Waals surface area (Å²) in [4.78, 5) is 25.5. The third-order valence-corrected chi connectivity index (χ3v) is 5.04. The predicted octanol–water partition coefficient (Wildman–Crippen LogP) is 3.15. The number of carbonyl (C=O) groups excluding carboxylic acids is 2. The molecule has 1 heterocycles. The summed E-state index contributed by atoms with van der Waals surface area (Å²) in [5.41, 5.74) is 6.08. The molecular weight excluding hydrogens is 381 g/mol. The first kappa shape index (κ1) is 19.5. The smallest absolute Gasteiger partial charge is 0.304 e. The number of aryl methyl sites for hydroxylation is 1. The normalized spacial score (nSPS) is 19.5. The first-order valence-electron chi connectivity index (χ1n) is 9.63. The Morgan fingerprint density at radius 3 is 2.33 bits per heavy atom. The molecule has 0 bridgehead atoms. The summed E-state index contributed by atoms with van der Waals surface area (Å²) in [6.07, 6.45) is 1.85. The van der Waals surface area contributed by atoms with E-state index < -0.39 is 23.8 Å². The van der Waals surface area contributed by atoms with Crippen molar-refractivity contribution in [2.45, 2.75) is 19.0 Å². The highest BCUT2D eigenvalue weighted by Crippen LogP contribution is 2.25. The second-order valence-corrected chi connectivity index (χ2v) is 7.24. The van der Waals surface area contributed by atoms with Crippen LogP contribution in [0.2, 0.25) is 0 Å². The lowest BCUT2D eigenvalue weighted by atomic mass is 10.00. The highest BCUT2D eigenvalue weighted by molar-refractivity contribution is 5.98. The van der Waals surface area contributed by atoms with Gasteiger partial charge >= 0.3 is 5.91 Å². The van der Waals surface area contributed by atoms with Crippen molar-refractivity contribution >= 4 is 18.0 Å². The average Bonchev–Trinajstić information content (AvgIpc) is 3.05. The molecular formula is C24H21FN3O2+. The third-order valence-electron chi connectivity index (χ3n) is 5.04. The number of carbonyl (C=O) groups is 2. The molecule has 1 saturated heterocycles. The van der Waals surface area contributed by atoms with Crippen molar-refractivity contribution in [1.29, 1.82) is 0 Å². The minimum absolute atomic E-state index is 0.289. The fourth-order valence-electron chi connectivity index (χ4n) is 3.47. The number of hydrogen-bond donors (Lipinski definition) is 2. The molecule has 0 aromatic heterocycles. The maximum atomic E-state index is 13.2. The maximum Gasteiger partial charge on any atom is 0.304 e. The third kappa shape index (κ3) is 4.12. The first-order chi connectivity index (χ1) is 14.5. The Hall–Kier alpha value is -3.80. The fraction of sp³-hybridized carbons (Fsp3) is 0.125. The zero-order chi connectivity index (χ0) is 21.1. The highest BCUT2D eigenvalue weighted by atomic mass is 19.1. The van der Waals surface area contributed by atoms with Gasteiger partial charge in [-0.3, -0.25) is 9.59 Å². The lowest BCUT2D eigenvalue weighted by Crippen LogP contribution is -2.42. The van der Waals surface area contributed by atoms with E-state index in [1.807, 2.05) is 67.7 Å². The van der Waals surface area contributed by atoms with Crippen LogP contribution in [-0.2, 0) is 4.79 Å². The van der Waals surface area contributed by atoms with Crippen LogP contribution in [0.5, 0.6) is 0 Å². The van der Waals surface area contributed by atoms with Crippen LogP contribution in [0, 0.1) is 12.7 Å². The Kier molecular flexibility index (Phi) is 5.39. The zero-order valence-corrected chi connectivity index (χ0v) is 16.4. The molecule has 2 atom stereocenters. The molecule has 1 aliphatic heterocycles.